The molecule has 0 saturated heterocycles. The van der Waals surface area contributed by atoms with Gasteiger partial charge in [0.15, 0.2) is 17.4 Å². The second-order valence-corrected chi connectivity index (χ2v) is 8.80. The highest BCUT2D eigenvalue weighted by Gasteiger charge is 2.28. The van der Waals surface area contributed by atoms with Crippen LogP contribution in [0.25, 0.3) is 11.0 Å². The third-order valence-electron chi connectivity index (χ3n) is 5.84. The maximum Gasteiger partial charge on any atom is 0.297 e. The molecule has 0 N–H and O–H groups in total. The van der Waals surface area contributed by atoms with Gasteiger partial charge in [-0.05, 0) is 45.4 Å². The van der Waals surface area contributed by atoms with Crippen LogP contribution in [0.2, 0.25) is 0 Å². The molecule has 1 aliphatic rings. The van der Waals surface area contributed by atoms with Crippen LogP contribution >= 0.6 is 0 Å². The third kappa shape index (κ3) is 5.96. The Balaban J connectivity index is 1.67. The quantitative estimate of drug-likeness (QED) is 0.447. The van der Waals surface area contributed by atoms with E-state index >= 15 is 4.39 Å². The first-order chi connectivity index (χ1) is 15.6. The fourth-order valence-corrected chi connectivity index (χ4v) is 4.17. The summed E-state index contributed by atoms with van der Waals surface area (Å²) in [6, 6.07) is 0.0488. The molecule has 1 atom stereocenters. The molecular weight excluding hydrogens is 444 g/mol. The molecule has 1 aromatic heterocycles. The fraction of sp³-hybridized carbons (Fsp3) is 0.652. The predicted molar refractivity (Wildman–Crippen MR) is 114 cm³/mol. The molecule has 0 amide bonds. The SMILES string of the molecule is CC(=O)C[C@@H](C)COC1CCC(Oc2nc3c(F)c(C)c(OCC(F)F)c(F)c3n2C)CC1. The zero-order valence-corrected chi connectivity index (χ0v) is 19.3. The number of aryl methyl sites for hydroxylation is 1. The van der Waals surface area contributed by atoms with E-state index in [4.69, 9.17) is 14.2 Å². The number of halogens is 4. The van der Waals surface area contributed by atoms with Crippen molar-refractivity contribution in [2.45, 2.75) is 71.5 Å². The van der Waals surface area contributed by atoms with E-state index < -0.39 is 30.4 Å². The molecule has 1 fully saturated rings. The number of rotatable bonds is 10. The number of ether oxygens (including phenoxy) is 3. The second kappa shape index (κ2) is 10.7. The maximum atomic E-state index is 15.0. The summed E-state index contributed by atoms with van der Waals surface area (Å²) in [6.45, 7) is 4.28. The first kappa shape index (κ1) is 25.3. The fourth-order valence-electron chi connectivity index (χ4n) is 4.17. The minimum atomic E-state index is -2.82. The molecule has 1 aliphatic carbocycles. The van der Waals surface area contributed by atoms with Crippen molar-refractivity contribution in [3.05, 3.63) is 17.2 Å². The molecule has 10 heteroatoms. The summed E-state index contributed by atoms with van der Waals surface area (Å²) in [5, 5.41) is 0. The van der Waals surface area contributed by atoms with Gasteiger partial charge >= 0.3 is 0 Å². The van der Waals surface area contributed by atoms with Crippen LogP contribution in [0.15, 0.2) is 0 Å². The molecule has 0 unspecified atom stereocenters. The normalized spacial score (nSPS) is 19.8. The molecule has 184 valence electrons. The topological polar surface area (TPSA) is 62.6 Å². The minimum Gasteiger partial charge on any atom is -0.484 e. The number of hydrogen-bond donors (Lipinski definition) is 0. The Bertz CT molecular complexity index is 987. The number of benzene rings is 1. The molecule has 1 aromatic carbocycles. The van der Waals surface area contributed by atoms with Crippen LogP contribution in [-0.2, 0) is 16.6 Å². The lowest BCUT2D eigenvalue weighted by atomic mass is 9.95. The van der Waals surface area contributed by atoms with E-state index in [0.29, 0.717) is 25.9 Å². The van der Waals surface area contributed by atoms with Crippen LogP contribution in [-0.4, -0.2) is 47.2 Å². The molecule has 1 saturated carbocycles. The molecule has 0 aliphatic heterocycles. The van der Waals surface area contributed by atoms with Crippen LogP contribution in [0.1, 0.15) is 51.5 Å². The first-order valence-electron chi connectivity index (χ1n) is 11.1. The molecule has 3 rings (SSSR count). The standard InChI is InChI=1S/C23H30F4N2O4/c1-12(9-13(2)30)10-31-15-5-7-16(8-6-15)33-23-28-20-18(26)14(3)22(32-11-17(24)25)19(27)21(20)29(23)4/h12,15-17H,5-11H2,1-4H3/t12-,15?,16?/m1/s1. The molecule has 1 heterocycles. The third-order valence-corrected chi connectivity index (χ3v) is 5.84. The number of Topliss-reactive ketones (excluding diaryl/α,β-unsaturated/α-hetero) is 1. The lowest BCUT2D eigenvalue weighted by molar-refractivity contribution is -0.118. The van der Waals surface area contributed by atoms with Gasteiger partial charge in [0.2, 0.25) is 0 Å². The number of aromatic nitrogens is 2. The first-order valence-corrected chi connectivity index (χ1v) is 11.1. The largest absolute Gasteiger partial charge is 0.484 e. The van der Waals surface area contributed by atoms with Crippen LogP contribution in [0.4, 0.5) is 17.6 Å². The molecule has 0 radical (unpaired) electrons. The van der Waals surface area contributed by atoms with Gasteiger partial charge < -0.3 is 19.0 Å². The number of hydrogen-bond acceptors (Lipinski definition) is 5. The van der Waals surface area contributed by atoms with Crippen molar-refractivity contribution in [3.8, 4) is 11.8 Å². The van der Waals surface area contributed by atoms with Crippen molar-refractivity contribution in [1.82, 2.24) is 9.55 Å². The zero-order chi connectivity index (χ0) is 24.3. The van der Waals surface area contributed by atoms with E-state index in [1.807, 2.05) is 6.92 Å². The number of alkyl halides is 2. The molecule has 2 aromatic rings. The monoisotopic (exact) mass is 474 g/mol. The second-order valence-electron chi connectivity index (χ2n) is 8.80. The summed E-state index contributed by atoms with van der Waals surface area (Å²) < 4.78 is 72.8. The van der Waals surface area contributed by atoms with Gasteiger partial charge in [0, 0.05) is 25.6 Å². The van der Waals surface area contributed by atoms with E-state index in [1.54, 1.807) is 6.92 Å². The number of imidazole rings is 1. The van der Waals surface area contributed by atoms with Gasteiger partial charge in [-0.1, -0.05) is 6.92 Å². The van der Waals surface area contributed by atoms with Crippen LogP contribution in [0.3, 0.4) is 0 Å². The average molecular weight is 474 g/mol. The molecule has 0 bridgehead atoms. The summed E-state index contributed by atoms with van der Waals surface area (Å²) >= 11 is 0. The zero-order valence-electron chi connectivity index (χ0n) is 19.3. The number of carbonyl (C=O) groups is 1. The molecule has 33 heavy (non-hydrogen) atoms. The number of ketones is 1. The highest BCUT2D eigenvalue weighted by Crippen LogP contribution is 2.36. The van der Waals surface area contributed by atoms with E-state index in [-0.39, 0.29) is 46.5 Å². The number of fused-ring (bicyclic) bond motifs is 1. The summed E-state index contributed by atoms with van der Waals surface area (Å²) in [4.78, 5) is 15.3. The highest BCUT2D eigenvalue weighted by atomic mass is 19.3. The Kier molecular flexibility index (Phi) is 8.20. The smallest absolute Gasteiger partial charge is 0.297 e. The molecule has 0 spiro atoms. The predicted octanol–water partition coefficient (Wildman–Crippen LogP) is 5.13. The van der Waals surface area contributed by atoms with Crippen molar-refractivity contribution >= 4 is 16.8 Å². The lowest BCUT2D eigenvalue weighted by Gasteiger charge is -2.29. The molecule has 6 nitrogen and oxygen atoms in total. The van der Waals surface area contributed by atoms with Crippen LogP contribution in [0, 0.1) is 24.5 Å². The lowest BCUT2D eigenvalue weighted by Crippen LogP contribution is -2.30. The average Bonchev–Trinajstić information content (AvgIpc) is 3.07. The van der Waals surface area contributed by atoms with Crippen molar-refractivity contribution < 1.29 is 36.6 Å². The highest BCUT2D eigenvalue weighted by molar-refractivity contribution is 5.81. The summed E-state index contributed by atoms with van der Waals surface area (Å²) in [5.74, 6) is -2.03. The number of nitrogens with zero attached hydrogens (tertiary/aromatic N) is 2. The Morgan fingerprint density at radius 2 is 1.76 bits per heavy atom. The van der Waals surface area contributed by atoms with Crippen molar-refractivity contribution in [1.29, 1.82) is 0 Å². The van der Waals surface area contributed by atoms with Gasteiger partial charge in [-0.2, -0.15) is 4.98 Å². The van der Waals surface area contributed by atoms with Crippen molar-refractivity contribution in [2.75, 3.05) is 13.2 Å². The van der Waals surface area contributed by atoms with Gasteiger partial charge in [0.1, 0.15) is 29.5 Å². The van der Waals surface area contributed by atoms with E-state index in [0.717, 1.165) is 12.8 Å². The van der Waals surface area contributed by atoms with E-state index in [1.165, 1.54) is 18.5 Å². The summed E-state index contributed by atoms with van der Waals surface area (Å²) in [7, 11) is 1.48. The van der Waals surface area contributed by atoms with Crippen LogP contribution in [0.5, 0.6) is 11.8 Å². The van der Waals surface area contributed by atoms with Gasteiger partial charge in [0.05, 0.1) is 6.10 Å². The molecular formula is C23H30F4N2O4. The van der Waals surface area contributed by atoms with Crippen molar-refractivity contribution in [3.63, 3.8) is 0 Å². The minimum absolute atomic E-state index is 0.0488. The van der Waals surface area contributed by atoms with Gasteiger partial charge in [-0.3, -0.25) is 4.57 Å². The number of carbonyl (C=O) groups excluding carboxylic acids is 1. The van der Waals surface area contributed by atoms with Gasteiger partial charge in [-0.25, -0.2) is 17.6 Å². The Morgan fingerprint density at radius 1 is 1.12 bits per heavy atom. The van der Waals surface area contributed by atoms with E-state index in [2.05, 4.69) is 4.98 Å². The van der Waals surface area contributed by atoms with Crippen molar-refractivity contribution in [2.24, 2.45) is 13.0 Å². The maximum absolute atomic E-state index is 15.0. The van der Waals surface area contributed by atoms with Gasteiger partial charge in [0.25, 0.3) is 12.4 Å². The summed E-state index contributed by atoms with van der Waals surface area (Å²) in [5.41, 5.74) is -0.654. The Labute approximate surface area is 190 Å². The summed E-state index contributed by atoms with van der Waals surface area (Å²) in [6.07, 6.45) is 0.438. The Hall–Kier alpha value is -2.36. The van der Waals surface area contributed by atoms with E-state index in [9.17, 15) is 18.0 Å². The Morgan fingerprint density at radius 3 is 2.36 bits per heavy atom. The van der Waals surface area contributed by atoms with Crippen LogP contribution < -0.4 is 9.47 Å². The van der Waals surface area contributed by atoms with Gasteiger partial charge in [-0.15, -0.1) is 0 Å².